The zero-order valence-electron chi connectivity index (χ0n) is 15.4. The number of hydrogen-bond donors (Lipinski definition) is 1. The molecule has 0 unspecified atom stereocenters. The second kappa shape index (κ2) is 9.75. The minimum atomic E-state index is -0.339. The van der Waals surface area contributed by atoms with E-state index in [1.807, 2.05) is 15.9 Å². The fourth-order valence-corrected chi connectivity index (χ4v) is 3.57. The number of nitrogens with zero attached hydrogens (tertiary/aromatic N) is 3. The number of nitrogens with one attached hydrogen (secondary N) is 1. The Balaban J connectivity index is 1.48. The maximum absolute atomic E-state index is 12.9. The van der Waals surface area contributed by atoms with Gasteiger partial charge in [-0.05, 0) is 58.2 Å². The summed E-state index contributed by atoms with van der Waals surface area (Å²) in [6.07, 6.45) is 4.52. The number of pyridine rings is 1. The minimum absolute atomic E-state index is 0.0671. The van der Waals surface area contributed by atoms with Crippen LogP contribution in [0.4, 0.5) is 10.1 Å². The fraction of sp³-hybridized carbons (Fsp3) is 0.350. The van der Waals surface area contributed by atoms with Crippen molar-refractivity contribution in [2.75, 3.05) is 38.0 Å². The quantitative estimate of drug-likeness (QED) is 0.763. The zero-order chi connectivity index (χ0) is 19.9. The molecule has 1 aliphatic rings. The summed E-state index contributed by atoms with van der Waals surface area (Å²) in [5, 5.41) is 2.77. The standard InChI is InChI=1S/C20H22BrFN4O2/c21-16-10-15(12-23-13-16)11-20(28)26-7-1-6-25(8-9-26)14-19(27)24-18-4-2-17(22)3-5-18/h2-5,10,12-13H,1,6-9,11,14H2,(H,24,27). The summed E-state index contributed by atoms with van der Waals surface area (Å²) < 4.78 is 13.8. The van der Waals surface area contributed by atoms with Gasteiger partial charge in [0.05, 0.1) is 13.0 Å². The molecule has 1 aromatic carbocycles. The number of anilines is 1. The SMILES string of the molecule is O=C(CN1CCCN(C(=O)Cc2cncc(Br)c2)CC1)Nc1ccc(F)cc1. The molecule has 2 heterocycles. The van der Waals surface area contributed by atoms with Crippen LogP contribution in [0.5, 0.6) is 0 Å². The van der Waals surface area contributed by atoms with Gasteiger partial charge in [0, 0.05) is 48.7 Å². The molecule has 0 saturated carbocycles. The van der Waals surface area contributed by atoms with E-state index in [9.17, 15) is 14.0 Å². The first kappa shape index (κ1) is 20.4. The van der Waals surface area contributed by atoms with Gasteiger partial charge in [0.2, 0.25) is 11.8 Å². The van der Waals surface area contributed by atoms with Crippen LogP contribution in [0.3, 0.4) is 0 Å². The third-order valence-corrected chi connectivity index (χ3v) is 4.99. The summed E-state index contributed by atoms with van der Waals surface area (Å²) in [5.74, 6) is -0.418. The van der Waals surface area contributed by atoms with Gasteiger partial charge in [0.15, 0.2) is 0 Å². The van der Waals surface area contributed by atoms with Gasteiger partial charge in [-0.25, -0.2) is 4.39 Å². The van der Waals surface area contributed by atoms with Crippen molar-refractivity contribution in [3.63, 3.8) is 0 Å². The Morgan fingerprint density at radius 1 is 1.11 bits per heavy atom. The normalized spacial score (nSPS) is 15.1. The van der Waals surface area contributed by atoms with E-state index in [0.717, 1.165) is 23.0 Å². The number of amides is 2. The molecule has 1 aromatic heterocycles. The molecule has 28 heavy (non-hydrogen) atoms. The highest BCUT2D eigenvalue weighted by molar-refractivity contribution is 9.10. The zero-order valence-corrected chi connectivity index (χ0v) is 17.0. The molecule has 2 amide bonds. The van der Waals surface area contributed by atoms with Gasteiger partial charge in [0.25, 0.3) is 0 Å². The number of carbonyl (C=O) groups is 2. The highest BCUT2D eigenvalue weighted by atomic mass is 79.9. The first-order valence-corrected chi connectivity index (χ1v) is 9.94. The van der Waals surface area contributed by atoms with E-state index >= 15 is 0 Å². The second-order valence-electron chi connectivity index (χ2n) is 6.75. The predicted molar refractivity (Wildman–Crippen MR) is 108 cm³/mol. The van der Waals surface area contributed by atoms with Crippen LogP contribution in [0.25, 0.3) is 0 Å². The average molecular weight is 449 g/mol. The summed E-state index contributed by atoms with van der Waals surface area (Å²) in [6, 6.07) is 7.59. The molecule has 0 bridgehead atoms. The summed E-state index contributed by atoms with van der Waals surface area (Å²) in [7, 11) is 0. The molecule has 0 atom stereocenters. The highest BCUT2D eigenvalue weighted by Gasteiger charge is 2.20. The van der Waals surface area contributed by atoms with Gasteiger partial charge in [0.1, 0.15) is 5.82 Å². The average Bonchev–Trinajstić information content (AvgIpc) is 2.89. The van der Waals surface area contributed by atoms with Crippen molar-refractivity contribution in [1.29, 1.82) is 0 Å². The highest BCUT2D eigenvalue weighted by Crippen LogP contribution is 2.13. The molecule has 1 fully saturated rings. The molecule has 0 aliphatic carbocycles. The Kier molecular flexibility index (Phi) is 7.11. The van der Waals surface area contributed by atoms with Crippen molar-refractivity contribution in [1.82, 2.24) is 14.8 Å². The van der Waals surface area contributed by atoms with E-state index in [4.69, 9.17) is 0 Å². The molecule has 1 saturated heterocycles. The summed E-state index contributed by atoms with van der Waals surface area (Å²) in [4.78, 5) is 32.8. The van der Waals surface area contributed by atoms with Crippen LogP contribution in [0.15, 0.2) is 47.2 Å². The number of aromatic nitrogens is 1. The van der Waals surface area contributed by atoms with Crippen molar-refractivity contribution in [2.24, 2.45) is 0 Å². The smallest absolute Gasteiger partial charge is 0.238 e. The molecule has 6 nitrogen and oxygen atoms in total. The lowest BCUT2D eigenvalue weighted by atomic mass is 10.2. The lowest BCUT2D eigenvalue weighted by Crippen LogP contribution is -2.38. The summed E-state index contributed by atoms with van der Waals surface area (Å²) in [5.41, 5.74) is 1.44. The Bertz CT molecular complexity index is 831. The van der Waals surface area contributed by atoms with Crippen LogP contribution in [0, 0.1) is 5.82 Å². The fourth-order valence-electron chi connectivity index (χ4n) is 3.15. The van der Waals surface area contributed by atoms with E-state index < -0.39 is 0 Å². The number of benzene rings is 1. The molecule has 8 heteroatoms. The van der Waals surface area contributed by atoms with Crippen LogP contribution in [-0.2, 0) is 16.0 Å². The minimum Gasteiger partial charge on any atom is -0.341 e. The molecule has 2 aromatic rings. The van der Waals surface area contributed by atoms with Crippen molar-refractivity contribution in [3.05, 3.63) is 58.6 Å². The topological polar surface area (TPSA) is 65.5 Å². The van der Waals surface area contributed by atoms with Crippen molar-refractivity contribution >= 4 is 33.4 Å². The molecule has 3 rings (SSSR count). The molecule has 1 N–H and O–H groups in total. The lowest BCUT2D eigenvalue weighted by Gasteiger charge is -2.22. The molecular formula is C20H22BrFN4O2. The lowest BCUT2D eigenvalue weighted by molar-refractivity contribution is -0.130. The third kappa shape index (κ3) is 6.10. The van der Waals surface area contributed by atoms with Gasteiger partial charge in [-0.2, -0.15) is 0 Å². The first-order chi connectivity index (χ1) is 13.5. The number of halogens is 2. The maximum Gasteiger partial charge on any atom is 0.238 e. The van der Waals surface area contributed by atoms with Gasteiger partial charge in [-0.15, -0.1) is 0 Å². The van der Waals surface area contributed by atoms with Crippen LogP contribution in [0.1, 0.15) is 12.0 Å². The summed E-state index contributed by atoms with van der Waals surface area (Å²) >= 11 is 3.37. The van der Waals surface area contributed by atoms with Crippen LogP contribution >= 0.6 is 15.9 Å². The first-order valence-electron chi connectivity index (χ1n) is 9.14. The second-order valence-corrected chi connectivity index (χ2v) is 7.67. The van der Waals surface area contributed by atoms with Crippen LogP contribution in [-0.4, -0.2) is 59.3 Å². The molecule has 0 spiro atoms. The maximum atomic E-state index is 12.9. The predicted octanol–water partition coefficient (Wildman–Crippen LogP) is 2.70. The van der Waals surface area contributed by atoms with E-state index in [0.29, 0.717) is 31.7 Å². The monoisotopic (exact) mass is 448 g/mol. The van der Waals surface area contributed by atoms with E-state index in [1.54, 1.807) is 12.4 Å². The van der Waals surface area contributed by atoms with Gasteiger partial charge in [-0.3, -0.25) is 19.5 Å². The van der Waals surface area contributed by atoms with Gasteiger partial charge in [-0.1, -0.05) is 0 Å². The molecular weight excluding hydrogens is 427 g/mol. The van der Waals surface area contributed by atoms with E-state index in [2.05, 4.69) is 26.2 Å². The van der Waals surface area contributed by atoms with Crippen molar-refractivity contribution in [3.8, 4) is 0 Å². The Hall–Kier alpha value is -2.32. The van der Waals surface area contributed by atoms with Crippen molar-refractivity contribution in [2.45, 2.75) is 12.8 Å². The molecule has 148 valence electrons. The van der Waals surface area contributed by atoms with Gasteiger partial charge < -0.3 is 10.2 Å². The number of carbonyl (C=O) groups excluding carboxylic acids is 2. The molecule has 1 aliphatic heterocycles. The van der Waals surface area contributed by atoms with Crippen LogP contribution in [0.2, 0.25) is 0 Å². The summed E-state index contributed by atoms with van der Waals surface area (Å²) in [6.45, 7) is 2.90. The van der Waals surface area contributed by atoms with Gasteiger partial charge >= 0.3 is 0 Å². The van der Waals surface area contributed by atoms with E-state index in [1.165, 1.54) is 24.3 Å². The largest absolute Gasteiger partial charge is 0.341 e. The van der Waals surface area contributed by atoms with Crippen molar-refractivity contribution < 1.29 is 14.0 Å². The Labute approximate surface area is 171 Å². The Morgan fingerprint density at radius 3 is 2.64 bits per heavy atom. The number of hydrogen-bond acceptors (Lipinski definition) is 4. The third-order valence-electron chi connectivity index (χ3n) is 4.55. The van der Waals surface area contributed by atoms with E-state index in [-0.39, 0.29) is 24.2 Å². The number of rotatable bonds is 5. The Morgan fingerprint density at radius 2 is 1.89 bits per heavy atom. The van der Waals surface area contributed by atoms with Crippen LogP contribution < -0.4 is 5.32 Å². The molecule has 0 radical (unpaired) electrons.